The molecule has 0 N–H and O–H groups in total. The van der Waals surface area contributed by atoms with Crippen molar-refractivity contribution in [3.05, 3.63) is 54.4 Å². The van der Waals surface area contributed by atoms with Crippen molar-refractivity contribution in [3.8, 4) is 0 Å². The van der Waals surface area contributed by atoms with Gasteiger partial charge in [-0.3, -0.25) is 0 Å². The molecule has 0 fully saturated rings. The first-order valence-corrected chi connectivity index (χ1v) is 6.59. The van der Waals surface area contributed by atoms with Gasteiger partial charge in [0.25, 0.3) is 0 Å². The van der Waals surface area contributed by atoms with Gasteiger partial charge in [-0.1, -0.05) is 62.6 Å². The molecule has 0 atom stereocenters. The molecule has 0 aliphatic heterocycles. The van der Waals surface area contributed by atoms with Crippen LogP contribution in [0.15, 0.2) is 36.4 Å². The molecule has 2 rings (SSSR count). The molecule has 17 heavy (non-hydrogen) atoms. The normalized spacial score (nSPS) is 10.9. The lowest BCUT2D eigenvalue weighted by Gasteiger charge is -2.10. The maximum Gasteiger partial charge on any atom is -0.0149 e. The van der Waals surface area contributed by atoms with Crippen molar-refractivity contribution in [3.63, 3.8) is 0 Å². The van der Waals surface area contributed by atoms with Crippen molar-refractivity contribution in [1.29, 1.82) is 0 Å². The van der Waals surface area contributed by atoms with E-state index in [2.05, 4.69) is 50.2 Å². The summed E-state index contributed by atoms with van der Waals surface area (Å²) in [5, 5.41) is 2.80. The third-order valence-electron chi connectivity index (χ3n) is 3.45. The first-order valence-electron chi connectivity index (χ1n) is 6.59. The monoisotopic (exact) mass is 225 g/mol. The molecule has 0 heteroatoms. The third-order valence-corrected chi connectivity index (χ3v) is 3.45. The molecule has 0 aliphatic rings. The second-order valence-electron chi connectivity index (χ2n) is 4.75. The quantitative estimate of drug-likeness (QED) is 0.622. The van der Waals surface area contributed by atoms with E-state index in [1.165, 1.54) is 47.6 Å². The highest BCUT2D eigenvalue weighted by Gasteiger charge is 2.03. The Hall–Kier alpha value is -1.30. The Morgan fingerprint density at radius 3 is 2.59 bits per heavy atom. The Morgan fingerprint density at radius 1 is 0.941 bits per heavy atom. The van der Waals surface area contributed by atoms with Gasteiger partial charge in [0.15, 0.2) is 0 Å². The molecule has 2 aromatic carbocycles. The molecule has 2 aromatic rings. The number of aryl methyl sites for hydroxylation is 2. The first kappa shape index (κ1) is 12.2. The zero-order valence-corrected chi connectivity index (χ0v) is 10.7. The van der Waals surface area contributed by atoms with Crippen LogP contribution in [0.3, 0.4) is 0 Å². The Bertz CT molecular complexity index is 482. The molecule has 0 aliphatic carbocycles. The number of rotatable bonds is 5. The molecule has 0 amide bonds. The molecule has 0 spiro atoms. The lowest BCUT2D eigenvalue weighted by atomic mass is 9.95. The minimum atomic E-state index is 1.06. The molecule has 0 aromatic heterocycles. The van der Waals surface area contributed by atoms with Crippen LogP contribution in [0.2, 0.25) is 0 Å². The van der Waals surface area contributed by atoms with Crippen LogP contribution in [0.5, 0.6) is 0 Å². The van der Waals surface area contributed by atoms with Gasteiger partial charge in [-0.2, -0.15) is 0 Å². The number of unbranched alkanes of at least 4 members (excludes halogenated alkanes) is 3. The highest BCUT2D eigenvalue weighted by molar-refractivity contribution is 5.86. The SMILES string of the molecule is [CH2]CCCCCc1c(C)ccc2ccccc12. The van der Waals surface area contributed by atoms with Crippen LogP contribution in [-0.4, -0.2) is 0 Å². The summed E-state index contributed by atoms with van der Waals surface area (Å²) in [5.41, 5.74) is 2.96. The van der Waals surface area contributed by atoms with Gasteiger partial charge >= 0.3 is 0 Å². The van der Waals surface area contributed by atoms with Crippen molar-refractivity contribution in [2.45, 2.75) is 39.0 Å². The molecular formula is C17H21. The van der Waals surface area contributed by atoms with Gasteiger partial charge in [-0.05, 0) is 41.7 Å². The second-order valence-corrected chi connectivity index (χ2v) is 4.75. The fourth-order valence-corrected chi connectivity index (χ4v) is 2.43. The van der Waals surface area contributed by atoms with Crippen LogP contribution in [0, 0.1) is 13.8 Å². The van der Waals surface area contributed by atoms with E-state index in [0.29, 0.717) is 0 Å². The molecule has 0 bridgehead atoms. The van der Waals surface area contributed by atoms with E-state index in [4.69, 9.17) is 0 Å². The summed E-state index contributed by atoms with van der Waals surface area (Å²) < 4.78 is 0. The smallest absolute Gasteiger partial charge is 0.0149 e. The highest BCUT2D eigenvalue weighted by Crippen LogP contribution is 2.24. The minimum absolute atomic E-state index is 1.06. The maximum atomic E-state index is 3.90. The molecule has 0 saturated carbocycles. The molecule has 0 unspecified atom stereocenters. The Kier molecular flexibility index (Phi) is 4.19. The first-order chi connectivity index (χ1) is 8.33. The predicted molar refractivity (Wildman–Crippen MR) is 76.2 cm³/mol. The maximum absolute atomic E-state index is 3.90. The average molecular weight is 225 g/mol. The molecular weight excluding hydrogens is 204 g/mol. The van der Waals surface area contributed by atoms with E-state index in [0.717, 1.165) is 6.42 Å². The lowest BCUT2D eigenvalue weighted by Crippen LogP contribution is -1.92. The predicted octanol–water partition coefficient (Wildman–Crippen LogP) is 5.09. The summed E-state index contributed by atoms with van der Waals surface area (Å²) in [7, 11) is 0. The zero-order chi connectivity index (χ0) is 12.1. The van der Waals surface area contributed by atoms with Crippen molar-refractivity contribution >= 4 is 10.8 Å². The standard InChI is InChI=1S/C17H21/c1-3-4-5-6-10-16-14(2)12-13-15-9-7-8-11-17(15)16/h7-9,11-13H,1,3-6,10H2,2H3. The molecule has 0 saturated heterocycles. The molecule has 0 nitrogen and oxygen atoms in total. The van der Waals surface area contributed by atoms with Crippen LogP contribution in [0.4, 0.5) is 0 Å². The van der Waals surface area contributed by atoms with E-state index in [1.807, 2.05) is 0 Å². The topological polar surface area (TPSA) is 0 Å². The number of fused-ring (bicyclic) bond motifs is 1. The number of hydrogen-bond acceptors (Lipinski definition) is 0. The van der Waals surface area contributed by atoms with E-state index < -0.39 is 0 Å². The highest BCUT2D eigenvalue weighted by atomic mass is 14.1. The minimum Gasteiger partial charge on any atom is -0.0616 e. The van der Waals surface area contributed by atoms with E-state index in [1.54, 1.807) is 0 Å². The van der Waals surface area contributed by atoms with E-state index >= 15 is 0 Å². The summed E-state index contributed by atoms with van der Waals surface area (Å²) >= 11 is 0. The van der Waals surface area contributed by atoms with E-state index in [-0.39, 0.29) is 0 Å². The Balaban J connectivity index is 2.22. The van der Waals surface area contributed by atoms with Crippen molar-refractivity contribution < 1.29 is 0 Å². The van der Waals surface area contributed by atoms with Crippen molar-refractivity contribution in [2.24, 2.45) is 0 Å². The number of hydrogen-bond donors (Lipinski definition) is 0. The van der Waals surface area contributed by atoms with Gasteiger partial charge in [-0.15, -0.1) is 0 Å². The Labute approximate surface area is 105 Å². The van der Waals surface area contributed by atoms with Crippen molar-refractivity contribution in [2.75, 3.05) is 0 Å². The summed E-state index contributed by atoms with van der Waals surface area (Å²) in [5.74, 6) is 0. The zero-order valence-electron chi connectivity index (χ0n) is 10.7. The lowest BCUT2D eigenvalue weighted by molar-refractivity contribution is 0.686. The van der Waals surface area contributed by atoms with Gasteiger partial charge < -0.3 is 0 Å². The average Bonchev–Trinajstić information content (AvgIpc) is 2.37. The van der Waals surface area contributed by atoms with E-state index in [9.17, 15) is 0 Å². The van der Waals surface area contributed by atoms with Gasteiger partial charge in [0.1, 0.15) is 0 Å². The third kappa shape index (κ3) is 2.88. The van der Waals surface area contributed by atoms with Crippen LogP contribution < -0.4 is 0 Å². The van der Waals surface area contributed by atoms with Gasteiger partial charge in [-0.25, -0.2) is 0 Å². The number of benzene rings is 2. The van der Waals surface area contributed by atoms with Crippen LogP contribution in [-0.2, 0) is 6.42 Å². The summed E-state index contributed by atoms with van der Waals surface area (Å²) in [6.45, 7) is 6.12. The summed E-state index contributed by atoms with van der Waals surface area (Å²) in [4.78, 5) is 0. The van der Waals surface area contributed by atoms with Gasteiger partial charge in [0, 0.05) is 0 Å². The van der Waals surface area contributed by atoms with Crippen LogP contribution >= 0.6 is 0 Å². The van der Waals surface area contributed by atoms with Gasteiger partial charge in [0.05, 0.1) is 0 Å². The largest absolute Gasteiger partial charge is 0.0616 e. The second kappa shape index (κ2) is 5.86. The summed E-state index contributed by atoms with van der Waals surface area (Å²) in [6.07, 6.45) is 6.10. The van der Waals surface area contributed by atoms with Crippen LogP contribution in [0.1, 0.15) is 36.8 Å². The molecule has 1 radical (unpaired) electrons. The fraction of sp³-hybridized carbons (Fsp3) is 0.353. The molecule has 0 heterocycles. The Morgan fingerprint density at radius 2 is 1.76 bits per heavy atom. The molecule has 89 valence electrons. The summed E-state index contributed by atoms with van der Waals surface area (Å²) in [6, 6.07) is 13.2. The van der Waals surface area contributed by atoms with Crippen LogP contribution in [0.25, 0.3) is 10.8 Å². The van der Waals surface area contributed by atoms with Gasteiger partial charge in [0.2, 0.25) is 0 Å². The van der Waals surface area contributed by atoms with Crippen molar-refractivity contribution in [1.82, 2.24) is 0 Å². The fourth-order valence-electron chi connectivity index (χ4n) is 2.43.